The predicted molar refractivity (Wildman–Crippen MR) is 165 cm³/mol. The molecule has 0 N–H and O–H groups in total. The van der Waals surface area contributed by atoms with Crippen LogP contribution in [0.3, 0.4) is 0 Å². The largest absolute Gasteiger partial charge is 0.497 e. The van der Waals surface area contributed by atoms with Crippen LogP contribution in [0.25, 0.3) is 0 Å². The highest BCUT2D eigenvalue weighted by molar-refractivity contribution is 7.99. The molecule has 0 saturated carbocycles. The third-order valence-electron chi connectivity index (χ3n) is 8.19. The first kappa shape index (κ1) is 30.3. The molecular formula is C33H42O6SSi. The molecule has 41 heavy (non-hydrogen) atoms. The van der Waals surface area contributed by atoms with Gasteiger partial charge in [0, 0.05) is 10.5 Å². The van der Waals surface area contributed by atoms with Crippen LogP contribution < -0.4 is 4.74 Å². The van der Waals surface area contributed by atoms with Crippen LogP contribution in [0.15, 0.2) is 89.8 Å². The molecular weight excluding hydrogens is 553 g/mol. The lowest BCUT2D eigenvalue weighted by Gasteiger charge is -2.51. The fraction of sp³-hybridized carbons (Fsp3) is 0.455. The van der Waals surface area contributed by atoms with Crippen molar-refractivity contribution in [1.29, 1.82) is 0 Å². The maximum absolute atomic E-state index is 7.18. The van der Waals surface area contributed by atoms with E-state index < -0.39 is 14.6 Å². The van der Waals surface area contributed by atoms with Crippen LogP contribution in [0.4, 0.5) is 0 Å². The Kier molecular flexibility index (Phi) is 9.60. The van der Waals surface area contributed by atoms with Crippen molar-refractivity contribution in [1.82, 2.24) is 0 Å². The number of ether oxygens (including phenoxy) is 5. The van der Waals surface area contributed by atoms with Gasteiger partial charge in [0.05, 0.1) is 20.3 Å². The van der Waals surface area contributed by atoms with E-state index in [-0.39, 0.29) is 34.9 Å². The summed E-state index contributed by atoms with van der Waals surface area (Å²) in [5.74, 6) is 0.816. The third-order valence-corrected chi connectivity index (χ3v) is 13.8. The minimum Gasteiger partial charge on any atom is -0.497 e. The predicted octanol–water partition coefficient (Wildman–Crippen LogP) is 7.60. The van der Waals surface area contributed by atoms with Gasteiger partial charge in [-0.05, 0) is 48.0 Å². The number of benzene rings is 3. The summed E-state index contributed by atoms with van der Waals surface area (Å²) in [4.78, 5) is 1.12. The van der Waals surface area contributed by atoms with Crippen molar-refractivity contribution in [3.8, 4) is 5.75 Å². The summed E-state index contributed by atoms with van der Waals surface area (Å²) < 4.78 is 39.0. The molecule has 2 heterocycles. The van der Waals surface area contributed by atoms with Crippen LogP contribution in [-0.4, -0.2) is 51.9 Å². The summed E-state index contributed by atoms with van der Waals surface area (Å²) in [7, 11) is -0.555. The highest BCUT2D eigenvalue weighted by atomic mass is 32.2. The monoisotopic (exact) mass is 594 g/mol. The van der Waals surface area contributed by atoms with Gasteiger partial charge in [0.1, 0.15) is 35.6 Å². The van der Waals surface area contributed by atoms with E-state index in [4.69, 9.17) is 28.1 Å². The van der Waals surface area contributed by atoms with Gasteiger partial charge >= 0.3 is 0 Å². The van der Waals surface area contributed by atoms with Crippen molar-refractivity contribution in [3.05, 3.63) is 96.1 Å². The summed E-state index contributed by atoms with van der Waals surface area (Å²) >= 11 is 1.67. The van der Waals surface area contributed by atoms with Gasteiger partial charge in [-0.2, -0.15) is 0 Å². The van der Waals surface area contributed by atoms with E-state index >= 15 is 0 Å². The first-order chi connectivity index (χ1) is 19.6. The summed E-state index contributed by atoms with van der Waals surface area (Å²) in [6, 6.07) is 28.4. The second-order valence-electron chi connectivity index (χ2n) is 12.1. The zero-order valence-electron chi connectivity index (χ0n) is 24.8. The first-order valence-electron chi connectivity index (χ1n) is 14.3. The van der Waals surface area contributed by atoms with Crippen molar-refractivity contribution in [2.45, 2.75) is 86.5 Å². The van der Waals surface area contributed by atoms with E-state index in [2.05, 4.69) is 46.0 Å². The fourth-order valence-corrected chi connectivity index (χ4v) is 7.32. The molecule has 0 amide bonds. The average molecular weight is 595 g/mol. The second-order valence-corrected chi connectivity index (χ2v) is 18.0. The molecule has 0 aliphatic carbocycles. The molecule has 0 aromatic heterocycles. The molecule has 2 aliphatic heterocycles. The minimum absolute atomic E-state index is 0.00938. The Morgan fingerprint density at radius 1 is 0.854 bits per heavy atom. The van der Waals surface area contributed by atoms with E-state index in [9.17, 15) is 0 Å². The van der Waals surface area contributed by atoms with Gasteiger partial charge in [0.25, 0.3) is 0 Å². The lowest BCUT2D eigenvalue weighted by Crippen LogP contribution is -2.64. The quantitative estimate of drug-likeness (QED) is 0.237. The molecule has 8 heteroatoms. The van der Waals surface area contributed by atoms with Gasteiger partial charge in [-0.3, -0.25) is 0 Å². The van der Waals surface area contributed by atoms with Gasteiger partial charge in [0.2, 0.25) is 0 Å². The number of hydrogen-bond donors (Lipinski definition) is 0. The van der Waals surface area contributed by atoms with Crippen LogP contribution in [0.1, 0.15) is 38.2 Å². The van der Waals surface area contributed by atoms with Gasteiger partial charge in [-0.15, -0.1) is 0 Å². The highest BCUT2D eigenvalue weighted by Gasteiger charge is 2.54. The van der Waals surface area contributed by atoms with E-state index in [1.807, 2.05) is 72.8 Å². The molecule has 0 bridgehead atoms. The van der Waals surface area contributed by atoms with Crippen LogP contribution in [-0.2, 0) is 30.0 Å². The molecule has 5 rings (SSSR count). The van der Waals surface area contributed by atoms with Gasteiger partial charge < -0.3 is 28.1 Å². The molecule has 2 fully saturated rings. The molecule has 2 saturated heterocycles. The zero-order valence-corrected chi connectivity index (χ0v) is 26.6. The number of fused-ring (bicyclic) bond motifs is 1. The summed E-state index contributed by atoms with van der Waals surface area (Å²) in [6.45, 7) is 12.2. The Labute approximate surface area is 249 Å². The van der Waals surface area contributed by atoms with Crippen LogP contribution >= 0.6 is 11.8 Å². The average Bonchev–Trinajstić information content (AvgIpc) is 2.97. The number of methoxy groups -OCH3 is 1. The maximum atomic E-state index is 7.18. The Balaban J connectivity index is 1.48. The molecule has 1 unspecified atom stereocenters. The van der Waals surface area contributed by atoms with Crippen molar-refractivity contribution in [2.24, 2.45) is 0 Å². The number of thioether (sulfide) groups is 1. The van der Waals surface area contributed by atoms with Gasteiger partial charge in [-0.1, -0.05) is 93.2 Å². The minimum atomic E-state index is -2.23. The third kappa shape index (κ3) is 7.25. The van der Waals surface area contributed by atoms with Gasteiger partial charge in [-0.25, -0.2) is 0 Å². The smallest absolute Gasteiger partial charge is 0.192 e. The number of rotatable bonds is 9. The Morgan fingerprint density at radius 3 is 2.15 bits per heavy atom. The number of hydrogen-bond acceptors (Lipinski definition) is 7. The van der Waals surface area contributed by atoms with Crippen molar-refractivity contribution in [3.63, 3.8) is 0 Å². The summed E-state index contributed by atoms with van der Waals surface area (Å²) in [5.41, 5.74) is 1.73. The summed E-state index contributed by atoms with van der Waals surface area (Å²) in [5, 5.41) is 0.00938. The van der Waals surface area contributed by atoms with E-state index in [0.717, 1.165) is 21.8 Å². The Hall–Kier alpha value is -2.17. The first-order valence-corrected chi connectivity index (χ1v) is 18.0. The lowest BCUT2D eigenvalue weighted by molar-refractivity contribution is -0.323. The van der Waals surface area contributed by atoms with Crippen molar-refractivity contribution >= 4 is 20.1 Å². The normalized spacial score (nSPS) is 26.8. The second kappa shape index (κ2) is 13.0. The fourth-order valence-electron chi connectivity index (χ4n) is 4.80. The summed E-state index contributed by atoms with van der Waals surface area (Å²) in [6.07, 6.45) is -1.89. The molecule has 6 nitrogen and oxygen atoms in total. The lowest BCUT2D eigenvalue weighted by atomic mass is 9.98. The van der Waals surface area contributed by atoms with Crippen LogP contribution in [0, 0.1) is 0 Å². The Bertz CT molecular complexity index is 1230. The molecule has 3 aromatic carbocycles. The Morgan fingerprint density at radius 2 is 1.51 bits per heavy atom. The maximum Gasteiger partial charge on any atom is 0.192 e. The molecule has 220 valence electrons. The van der Waals surface area contributed by atoms with Crippen molar-refractivity contribution < 1.29 is 28.1 Å². The van der Waals surface area contributed by atoms with E-state index in [1.54, 1.807) is 18.9 Å². The van der Waals surface area contributed by atoms with Gasteiger partial charge in [0.15, 0.2) is 14.6 Å². The van der Waals surface area contributed by atoms with E-state index in [1.165, 1.54) is 0 Å². The molecule has 0 spiro atoms. The van der Waals surface area contributed by atoms with Crippen LogP contribution in [0.5, 0.6) is 5.75 Å². The molecule has 0 radical (unpaired) electrons. The molecule has 3 aromatic rings. The standard InChI is InChI=1S/C33H42O6SSi/c1-33(2,3)41(5,6)39-30-29(35-21-23-17-19-25(34-4)20-18-23)28-27(37-32(30)40-26-15-11-8-12-16-26)22-36-31(38-28)24-13-9-7-10-14-24/h7-20,27-32H,21-22H2,1-6H3/t27-,28-,29+,30+,31?,32-/m1/s1. The topological polar surface area (TPSA) is 55.4 Å². The molecule has 6 atom stereocenters. The zero-order chi connectivity index (χ0) is 29.0. The van der Waals surface area contributed by atoms with E-state index in [0.29, 0.717) is 13.2 Å². The highest BCUT2D eigenvalue weighted by Crippen LogP contribution is 2.45. The van der Waals surface area contributed by atoms with Crippen molar-refractivity contribution in [2.75, 3.05) is 13.7 Å². The molecule has 2 aliphatic rings. The van der Waals surface area contributed by atoms with Crippen LogP contribution in [0.2, 0.25) is 18.1 Å². The SMILES string of the molecule is COc1ccc(CO[C@@H]2[C@H](O[Si](C)(C)C(C)(C)C)[C@@H](Sc3ccccc3)O[C@@H]3COC(c4ccccc4)O[C@@H]23)cc1.